The van der Waals surface area contributed by atoms with Gasteiger partial charge in [0.05, 0.1) is 6.61 Å². The second-order valence-electron chi connectivity index (χ2n) is 10.6. The number of benzene rings is 1. The van der Waals surface area contributed by atoms with Crippen LogP contribution in [0.25, 0.3) is 21.8 Å². The monoisotopic (exact) mass is 534 g/mol. The van der Waals surface area contributed by atoms with Gasteiger partial charge < -0.3 is 4.74 Å². The van der Waals surface area contributed by atoms with Crippen LogP contribution in [0.15, 0.2) is 48.8 Å². The molecule has 2 aromatic heterocycles. The van der Waals surface area contributed by atoms with Crippen LogP contribution < -0.4 is 4.74 Å². The molecule has 0 fully saturated rings. The molecule has 0 spiro atoms. The van der Waals surface area contributed by atoms with Gasteiger partial charge in [-0.1, -0.05) is 104 Å². The lowest BCUT2D eigenvalue weighted by molar-refractivity contribution is 0.304. The maximum Gasteiger partial charge on any atom is 0.159 e. The van der Waals surface area contributed by atoms with Gasteiger partial charge in [-0.05, 0) is 55.7 Å². The SMILES string of the molecule is CCCCCCCCCCOc1ccc(-c2ncc(-c3ccc(CCCCCCCCCC)s3)cn2)cc1. The van der Waals surface area contributed by atoms with E-state index >= 15 is 0 Å². The normalized spacial score (nSPS) is 11.2. The van der Waals surface area contributed by atoms with Crippen molar-refractivity contribution in [2.75, 3.05) is 6.61 Å². The standard InChI is InChI=1S/C34H50N2OS/c1-3-5-7-9-11-13-15-17-19-32-24-25-33(38-32)30-27-35-34(36-28-30)29-20-22-31(23-21-29)37-26-18-16-14-12-10-8-6-4-2/h20-25,27-28H,3-19,26H2,1-2H3. The molecule has 0 unspecified atom stereocenters. The summed E-state index contributed by atoms with van der Waals surface area (Å²) in [4.78, 5) is 12.0. The quantitative estimate of drug-likeness (QED) is 0.127. The van der Waals surface area contributed by atoms with Gasteiger partial charge in [0.1, 0.15) is 5.75 Å². The van der Waals surface area contributed by atoms with E-state index in [9.17, 15) is 0 Å². The molecule has 0 aliphatic rings. The average Bonchev–Trinajstić information content (AvgIpc) is 3.43. The van der Waals surface area contributed by atoms with Crippen molar-refractivity contribution < 1.29 is 4.74 Å². The maximum absolute atomic E-state index is 5.94. The third kappa shape index (κ3) is 11.7. The molecule has 208 valence electrons. The summed E-state index contributed by atoms with van der Waals surface area (Å²) in [6.45, 7) is 5.34. The number of aromatic nitrogens is 2. The highest BCUT2D eigenvalue weighted by Gasteiger charge is 2.07. The average molecular weight is 535 g/mol. The first kappa shape index (κ1) is 30.3. The van der Waals surface area contributed by atoms with Crippen molar-refractivity contribution >= 4 is 11.3 Å². The van der Waals surface area contributed by atoms with Gasteiger partial charge in [0.15, 0.2) is 5.82 Å². The molecular formula is C34H50N2OS. The molecular weight excluding hydrogens is 484 g/mol. The number of ether oxygens (including phenoxy) is 1. The summed E-state index contributed by atoms with van der Waals surface area (Å²) >= 11 is 1.88. The first-order valence-corrected chi connectivity index (χ1v) is 16.3. The number of hydrogen-bond acceptors (Lipinski definition) is 4. The Labute approximate surface area is 236 Å². The van der Waals surface area contributed by atoms with Crippen LogP contribution in [0.2, 0.25) is 0 Å². The second kappa shape index (κ2) is 19.0. The van der Waals surface area contributed by atoms with Crippen molar-refractivity contribution in [3.8, 4) is 27.6 Å². The number of thiophene rings is 1. The molecule has 0 atom stereocenters. The van der Waals surface area contributed by atoms with Gasteiger partial charge in [0, 0.05) is 33.3 Å². The predicted octanol–water partition coefficient (Wildman–Crippen LogP) is 11.1. The Balaban J connectivity index is 1.35. The van der Waals surface area contributed by atoms with E-state index in [2.05, 4.69) is 48.1 Å². The molecule has 3 nitrogen and oxygen atoms in total. The molecule has 3 rings (SSSR count). The largest absolute Gasteiger partial charge is 0.494 e. The van der Waals surface area contributed by atoms with E-state index in [4.69, 9.17) is 4.74 Å². The molecule has 0 amide bonds. The zero-order chi connectivity index (χ0) is 26.7. The third-order valence-electron chi connectivity index (χ3n) is 7.25. The van der Waals surface area contributed by atoms with Crippen molar-refractivity contribution in [3.63, 3.8) is 0 Å². The lowest BCUT2D eigenvalue weighted by Gasteiger charge is -2.07. The zero-order valence-corrected chi connectivity index (χ0v) is 24.9. The number of hydrogen-bond donors (Lipinski definition) is 0. The number of rotatable bonds is 21. The summed E-state index contributed by atoms with van der Waals surface area (Å²) in [5.41, 5.74) is 2.13. The minimum absolute atomic E-state index is 0.763. The van der Waals surface area contributed by atoms with Crippen LogP contribution in [0.4, 0.5) is 0 Å². The Morgan fingerprint density at radius 1 is 0.579 bits per heavy atom. The zero-order valence-electron chi connectivity index (χ0n) is 24.1. The van der Waals surface area contributed by atoms with Crippen LogP contribution in [0.1, 0.15) is 121 Å². The van der Waals surface area contributed by atoms with Crippen LogP contribution in [0.3, 0.4) is 0 Å². The molecule has 0 aliphatic carbocycles. The van der Waals surface area contributed by atoms with E-state index in [0.29, 0.717) is 0 Å². The highest BCUT2D eigenvalue weighted by atomic mass is 32.1. The fourth-order valence-electron chi connectivity index (χ4n) is 4.83. The molecule has 0 radical (unpaired) electrons. The smallest absolute Gasteiger partial charge is 0.159 e. The third-order valence-corrected chi connectivity index (χ3v) is 8.45. The predicted molar refractivity (Wildman–Crippen MR) is 165 cm³/mol. The molecule has 0 saturated carbocycles. The molecule has 1 aromatic carbocycles. The molecule has 3 aromatic rings. The van der Waals surface area contributed by atoms with Crippen molar-refractivity contribution in [3.05, 3.63) is 53.7 Å². The molecule has 4 heteroatoms. The number of aryl methyl sites for hydroxylation is 1. The van der Waals surface area contributed by atoms with Gasteiger partial charge in [0.2, 0.25) is 0 Å². The summed E-state index contributed by atoms with van der Waals surface area (Å²) in [7, 11) is 0. The van der Waals surface area contributed by atoms with Gasteiger partial charge in [-0.3, -0.25) is 0 Å². The number of nitrogens with zero attached hydrogens (tertiary/aromatic N) is 2. The van der Waals surface area contributed by atoms with E-state index in [1.807, 2.05) is 35.9 Å². The molecule has 0 bridgehead atoms. The van der Waals surface area contributed by atoms with Gasteiger partial charge in [0.25, 0.3) is 0 Å². The molecule has 38 heavy (non-hydrogen) atoms. The Morgan fingerprint density at radius 3 is 1.74 bits per heavy atom. The second-order valence-corrected chi connectivity index (χ2v) is 11.8. The van der Waals surface area contributed by atoms with Gasteiger partial charge in [-0.2, -0.15) is 0 Å². The van der Waals surface area contributed by atoms with Crippen molar-refractivity contribution in [1.29, 1.82) is 0 Å². The van der Waals surface area contributed by atoms with Crippen LogP contribution >= 0.6 is 11.3 Å². The Morgan fingerprint density at radius 2 is 1.13 bits per heavy atom. The summed E-state index contributed by atoms with van der Waals surface area (Å²) < 4.78 is 5.94. The van der Waals surface area contributed by atoms with E-state index < -0.39 is 0 Å². The van der Waals surface area contributed by atoms with E-state index in [1.165, 1.54) is 112 Å². The highest BCUT2D eigenvalue weighted by molar-refractivity contribution is 7.15. The van der Waals surface area contributed by atoms with Crippen molar-refractivity contribution in [1.82, 2.24) is 9.97 Å². The van der Waals surface area contributed by atoms with Gasteiger partial charge in [-0.15, -0.1) is 11.3 Å². The molecule has 2 heterocycles. The Kier molecular flexibility index (Phi) is 15.1. The molecule has 0 saturated heterocycles. The molecule has 0 N–H and O–H groups in total. The van der Waals surface area contributed by atoms with E-state index in [1.54, 1.807) is 0 Å². The van der Waals surface area contributed by atoms with Crippen LogP contribution in [0, 0.1) is 0 Å². The van der Waals surface area contributed by atoms with Gasteiger partial charge in [-0.25, -0.2) is 9.97 Å². The highest BCUT2D eigenvalue weighted by Crippen LogP contribution is 2.29. The number of unbranched alkanes of at least 4 members (excludes halogenated alkanes) is 14. The molecule has 0 aliphatic heterocycles. The fourth-order valence-corrected chi connectivity index (χ4v) is 5.86. The van der Waals surface area contributed by atoms with Gasteiger partial charge >= 0.3 is 0 Å². The van der Waals surface area contributed by atoms with Crippen LogP contribution in [0.5, 0.6) is 5.75 Å². The topological polar surface area (TPSA) is 35.0 Å². The van der Waals surface area contributed by atoms with Crippen LogP contribution in [-0.2, 0) is 6.42 Å². The minimum Gasteiger partial charge on any atom is -0.494 e. The van der Waals surface area contributed by atoms with Crippen LogP contribution in [-0.4, -0.2) is 16.6 Å². The fraction of sp³-hybridized carbons (Fsp3) is 0.588. The summed E-state index contributed by atoms with van der Waals surface area (Å²) in [6.07, 6.45) is 26.6. The Hall–Kier alpha value is -2.20. The minimum atomic E-state index is 0.763. The van der Waals surface area contributed by atoms with Crippen molar-refractivity contribution in [2.45, 2.75) is 123 Å². The first-order valence-electron chi connectivity index (χ1n) is 15.4. The summed E-state index contributed by atoms with van der Waals surface area (Å²) in [6, 6.07) is 12.7. The van der Waals surface area contributed by atoms with E-state index in [0.717, 1.165) is 35.7 Å². The summed E-state index contributed by atoms with van der Waals surface area (Å²) in [5, 5.41) is 0. The maximum atomic E-state index is 5.94. The van der Waals surface area contributed by atoms with Crippen molar-refractivity contribution in [2.24, 2.45) is 0 Å². The lowest BCUT2D eigenvalue weighted by atomic mass is 10.1. The summed E-state index contributed by atoms with van der Waals surface area (Å²) in [5.74, 6) is 1.69. The Bertz CT molecular complexity index is 980. The van der Waals surface area contributed by atoms with E-state index in [-0.39, 0.29) is 0 Å². The lowest BCUT2D eigenvalue weighted by Crippen LogP contribution is -1.97. The first-order chi connectivity index (χ1) is 18.8.